The molecular weight excluding hydrogens is 312 g/mol. The first kappa shape index (κ1) is 15.9. The zero-order valence-corrected chi connectivity index (χ0v) is 11.5. The fraction of sp³-hybridized carbons (Fsp3) is 0.545. The highest BCUT2D eigenvalue weighted by atomic mass is 32.2. The van der Waals surface area contributed by atoms with Gasteiger partial charge in [0.1, 0.15) is 5.60 Å². The molecule has 0 unspecified atom stereocenters. The molecule has 1 aliphatic heterocycles. The lowest BCUT2D eigenvalue weighted by Crippen LogP contribution is -2.59. The van der Waals surface area contributed by atoms with Crippen molar-refractivity contribution in [1.29, 1.82) is 0 Å². The van der Waals surface area contributed by atoms with E-state index in [1.165, 1.54) is 12.1 Å². The zero-order valence-electron chi connectivity index (χ0n) is 10.7. The number of sulfonamides is 1. The quantitative estimate of drug-likeness (QED) is 0.835. The van der Waals surface area contributed by atoms with Crippen LogP contribution in [0.15, 0.2) is 27.9 Å². The van der Waals surface area contributed by atoms with Gasteiger partial charge in [-0.3, -0.25) is 0 Å². The van der Waals surface area contributed by atoms with E-state index < -0.39 is 53.4 Å². The zero-order chi connectivity index (χ0) is 15.9. The maximum absolute atomic E-state index is 13.5. The van der Waals surface area contributed by atoms with Crippen molar-refractivity contribution in [3.8, 4) is 0 Å². The number of piperidine rings is 1. The summed E-state index contributed by atoms with van der Waals surface area (Å²) in [4.78, 5) is 10.5. The van der Waals surface area contributed by atoms with Crippen molar-refractivity contribution in [2.45, 2.75) is 29.5 Å². The molecule has 0 spiro atoms. The number of alkyl halides is 2. The molecule has 1 saturated heterocycles. The van der Waals surface area contributed by atoms with Crippen molar-refractivity contribution in [2.75, 3.05) is 13.1 Å². The van der Waals surface area contributed by atoms with Crippen molar-refractivity contribution in [3.05, 3.63) is 18.4 Å². The van der Waals surface area contributed by atoms with Crippen LogP contribution in [0.4, 0.5) is 8.78 Å². The average Bonchev–Trinajstić information content (AvgIpc) is 2.93. The van der Waals surface area contributed by atoms with Gasteiger partial charge in [-0.25, -0.2) is 13.2 Å². The fourth-order valence-corrected chi connectivity index (χ4v) is 3.49. The van der Waals surface area contributed by atoms with Gasteiger partial charge in [0.2, 0.25) is 5.09 Å². The van der Waals surface area contributed by atoms with Gasteiger partial charge in [-0.05, 0) is 25.0 Å². The van der Waals surface area contributed by atoms with E-state index >= 15 is 0 Å². The standard InChI is InChI=1S/C11H13F2NO6S/c12-11(13,9(15)16)10(17)3-5-14(6-4-10)21(18,19)8-2-1-7-20-8/h1-2,7,17H,3-6H2,(H,15,16). The molecular formula is C11H13F2NO6S. The number of carboxylic acids is 1. The number of hydrogen-bond donors (Lipinski definition) is 2. The Morgan fingerprint density at radius 2 is 1.95 bits per heavy atom. The van der Waals surface area contributed by atoms with E-state index in [4.69, 9.17) is 9.52 Å². The number of rotatable bonds is 4. The summed E-state index contributed by atoms with van der Waals surface area (Å²) in [7, 11) is -3.97. The lowest BCUT2D eigenvalue weighted by atomic mass is 9.86. The van der Waals surface area contributed by atoms with E-state index in [0.717, 1.165) is 10.6 Å². The second kappa shape index (κ2) is 5.04. The van der Waals surface area contributed by atoms with Crippen LogP contribution in [0.3, 0.4) is 0 Å². The summed E-state index contributed by atoms with van der Waals surface area (Å²) < 4.78 is 56.8. The highest BCUT2D eigenvalue weighted by Crippen LogP contribution is 2.38. The molecule has 0 bridgehead atoms. The maximum Gasteiger partial charge on any atom is 0.377 e. The first-order valence-electron chi connectivity index (χ1n) is 5.98. The first-order chi connectivity index (χ1) is 9.61. The molecule has 2 rings (SSSR count). The Bertz CT molecular complexity index is 619. The monoisotopic (exact) mass is 325 g/mol. The number of carboxylic acid groups (broad SMARTS) is 1. The summed E-state index contributed by atoms with van der Waals surface area (Å²) in [5, 5.41) is 18.0. The fourth-order valence-electron chi connectivity index (χ4n) is 2.15. The highest BCUT2D eigenvalue weighted by Gasteiger charge is 2.60. The van der Waals surface area contributed by atoms with Crippen LogP contribution in [0.1, 0.15) is 12.8 Å². The molecule has 10 heteroatoms. The van der Waals surface area contributed by atoms with Gasteiger partial charge in [0.15, 0.2) is 0 Å². The van der Waals surface area contributed by atoms with E-state index in [0.29, 0.717) is 0 Å². The number of aliphatic carboxylic acids is 1. The largest absolute Gasteiger partial charge is 0.477 e. The van der Waals surface area contributed by atoms with Crippen molar-refractivity contribution in [2.24, 2.45) is 0 Å². The van der Waals surface area contributed by atoms with Crippen molar-refractivity contribution >= 4 is 16.0 Å². The molecule has 0 amide bonds. The van der Waals surface area contributed by atoms with Gasteiger partial charge in [0, 0.05) is 13.1 Å². The van der Waals surface area contributed by atoms with E-state index in [-0.39, 0.29) is 5.09 Å². The van der Waals surface area contributed by atoms with Crippen molar-refractivity contribution in [1.82, 2.24) is 4.31 Å². The lowest BCUT2D eigenvalue weighted by Gasteiger charge is -2.39. The number of carbonyl (C=O) groups is 1. The minimum absolute atomic E-state index is 0.335. The Kier molecular flexibility index (Phi) is 3.80. The molecule has 2 N–H and O–H groups in total. The highest BCUT2D eigenvalue weighted by molar-refractivity contribution is 7.89. The third kappa shape index (κ3) is 2.54. The number of aliphatic hydroxyl groups is 1. The van der Waals surface area contributed by atoms with Crippen LogP contribution in [0.25, 0.3) is 0 Å². The molecule has 1 aliphatic rings. The van der Waals surface area contributed by atoms with E-state index in [2.05, 4.69) is 0 Å². The number of nitrogens with zero attached hydrogens (tertiary/aromatic N) is 1. The van der Waals surface area contributed by atoms with Crippen LogP contribution >= 0.6 is 0 Å². The number of hydrogen-bond acceptors (Lipinski definition) is 5. The number of halogens is 2. The Morgan fingerprint density at radius 3 is 2.38 bits per heavy atom. The third-order valence-corrected chi connectivity index (χ3v) is 5.28. The molecule has 1 aromatic heterocycles. The van der Waals surface area contributed by atoms with Crippen molar-refractivity contribution < 1.29 is 36.6 Å². The second-order valence-electron chi connectivity index (χ2n) is 4.75. The van der Waals surface area contributed by atoms with E-state index in [1.807, 2.05) is 0 Å². The minimum Gasteiger partial charge on any atom is -0.477 e. The average molecular weight is 325 g/mol. The first-order valence-corrected chi connectivity index (χ1v) is 7.42. The Hall–Kier alpha value is -1.52. The Labute approximate surface area is 118 Å². The summed E-state index contributed by atoms with van der Waals surface area (Å²) in [6.45, 7) is -0.856. The molecule has 1 fully saturated rings. The molecule has 118 valence electrons. The summed E-state index contributed by atoms with van der Waals surface area (Å²) in [5.74, 6) is -6.78. The normalized spacial score (nSPS) is 20.3. The number of furan rings is 1. The molecule has 0 radical (unpaired) electrons. The molecule has 1 aromatic rings. The van der Waals surface area contributed by atoms with Crippen LogP contribution in [0.2, 0.25) is 0 Å². The molecule has 21 heavy (non-hydrogen) atoms. The molecule has 0 aliphatic carbocycles. The third-order valence-electron chi connectivity index (χ3n) is 3.49. The molecule has 0 saturated carbocycles. The predicted octanol–water partition coefficient (Wildman–Crippen LogP) is 0.515. The topological polar surface area (TPSA) is 108 Å². The van der Waals surface area contributed by atoms with Crippen LogP contribution < -0.4 is 0 Å². The smallest absolute Gasteiger partial charge is 0.377 e. The summed E-state index contributed by atoms with van der Waals surface area (Å²) >= 11 is 0. The molecule has 2 heterocycles. The van der Waals surface area contributed by atoms with Crippen LogP contribution in [0.5, 0.6) is 0 Å². The summed E-state index contributed by atoms with van der Waals surface area (Å²) in [5.41, 5.74) is -2.77. The van der Waals surface area contributed by atoms with Gasteiger partial charge in [0.25, 0.3) is 10.0 Å². The van der Waals surface area contributed by atoms with Gasteiger partial charge >= 0.3 is 11.9 Å². The SMILES string of the molecule is O=C(O)C(F)(F)C1(O)CCN(S(=O)(=O)c2ccco2)CC1. The lowest BCUT2D eigenvalue weighted by molar-refractivity contribution is -0.216. The van der Waals surface area contributed by atoms with Crippen LogP contribution in [-0.4, -0.2) is 53.5 Å². The molecule has 0 aromatic carbocycles. The van der Waals surface area contributed by atoms with Gasteiger partial charge in [-0.2, -0.15) is 13.1 Å². The van der Waals surface area contributed by atoms with E-state index in [1.54, 1.807) is 0 Å². The minimum atomic E-state index is -4.34. The van der Waals surface area contributed by atoms with Crippen LogP contribution in [0, 0.1) is 0 Å². The second-order valence-corrected chi connectivity index (χ2v) is 6.62. The summed E-state index contributed by atoms with van der Waals surface area (Å²) in [6.07, 6.45) is -0.218. The van der Waals surface area contributed by atoms with Gasteiger partial charge in [-0.15, -0.1) is 0 Å². The van der Waals surface area contributed by atoms with E-state index in [9.17, 15) is 27.1 Å². The van der Waals surface area contributed by atoms with Crippen molar-refractivity contribution in [3.63, 3.8) is 0 Å². The molecule has 0 atom stereocenters. The van der Waals surface area contributed by atoms with Crippen LogP contribution in [-0.2, 0) is 14.8 Å². The van der Waals surface area contributed by atoms with Gasteiger partial charge < -0.3 is 14.6 Å². The van der Waals surface area contributed by atoms with Gasteiger partial charge in [0.05, 0.1) is 6.26 Å². The van der Waals surface area contributed by atoms with Gasteiger partial charge in [-0.1, -0.05) is 0 Å². The maximum atomic E-state index is 13.5. The summed E-state index contributed by atoms with van der Waals surface area (Å²) in [6, 6.07) is 2.58. The molecule has 7 nitrogen and oxygen atoms in total. The Balaban J connectivity index is 2.16. The predicted molar refractivity (Wildman–Crippen MR) is 64.2 cm³/mol. The Morgan fingerprint density at radius 1 is 1.38 bits per heavy atom.